The molecule has 0 aliphatic rings. The molecule has 0 fully saturated rings. The van der Waals surface area contributed by atoms with E-state index in [4.69, 9.17) is 4.42 Å². The van der Waals surface area contributed by atoms with Gasteiger partial charge in [-0.05, 0) is 68.1 Å². The molecule has 0 bridgehead atoms. The summed E-state index contributed by atoms with van der Waals surface area (Å²) in [6.07, 6.45) is 0.196. The van der Waals surface area contributed by atoms with E-state index in [9.17, 15) is 29.3 Å². The van der Waals surface area contributed by atoms with Crippen molar-refractivity contribution in [1.29, 1.82) is 0 Å². The lowest BCUT2D eigenvalue weighted by molar-refractivity contribution is 0.363. The molecule has 0 aliphatic carbocycles. The third-order valence-corrected chi connectivity index (χ3v) is 7.37. The molecule has 0 aliphatic heterocycles. The van der Waals surface area contributed by atoms with Crippen molar-refractivity contribution in [2.75, 3.05) is 5.75 Å². The summed E-state index contributed by atoms with van der Waals surface area (Å²) in [5.74, 6) is 0.272. The minimum absolute atomic E-state index is 0.0728. The van der Waals surface area contributed by atoms with E-state index < -0.39 is 26.3 Å². The van der Waals surface area contributed by atoms with Gasteiger partial charge in [-0.2, -0.15) is 0 Å². The zero-order chi connectivity index (χ0) is 24.8. The normalized spacial score (nSPS) is 14.1. The molecule has 0 amide bonds. The van der Waals surface area contributed by atoms with Crippen LogP contribution in [0, 0.1) is 27.7 Å². The largest absolute Gasteiger partial charge is 0.507 e. The molecular weight excluding hydrogens is 483 g/mol. The van der Waals surface area contributed by atoms with Gasteiger partial charge in [0.05, 0.1) is 0 Å². The molecular formula is C23H23F5O3S2. The van der Waals surface area contributed by atoms with Gasteiger partial charge < -0.3 is 9.52 Å². The summed E-state index contributed by atoms with van der Waals surface area (Å²) in [4.78, 5) is 11.1. The van der Waals surface area contributed by atoms with Gasteiger partial charge in [0.2, 0.25) is 0 Å². The first-order valence-corrected chi connectivity index (χ1v) is 12.8. The van der Waals surface area contributed by atoms with E-state index in [2.05, 4.69) is 0 Å². The molecule has 1 aromatic heterocycles. The molecule has 0 unspecified atom stereocenters. The number of halogens is 5. The van der Waals surface area contributed by atoms with Crippen molar-refractivity contribution in [1.82, 2.24) is 0 Å². The van der Waals surface area contributed by atoms with Crippen LogP contribution in [-0.4, -0.2) is 10.9 Å². The second-order valence-electron chi connectivity index (χ2n) is 8.03. The molecule has 3 rings (SSSR count). The highest BCUT2D eigenvalue weighted by Crippen LogP contribution is 3.02. The van der Waals surface area contributed by atoms with Crippen molar-refractivity contribution in [3.05, 3.63) is 74.8 Å². The topological polar surface area (TPSA) is 50.4 Å². The second kappa shape index (κ2) is 7.80. The zero-order valence-corrected chi connectivity index (χ0v) is 20.0. The molecule has 3 aromatic rings. The van der Waals surface area contributed by atoms with Crippen LogP contribution in [0.1, 0.15) is 28.0 Å². The molecule has 180 valence electrons. The Morgan fingerprint density at radius 2 is 1.48 bits per heavy atom. The average Bonchev–Trinajstić information content (AvgIpc) is 2.61. The van der Waals surface area contributed by atoms with E-state index in [1.54, 1.807) is 0 Å². The van der Waals surface area contributed by atoms with Crippen LogP contribution in [0.3, 0.4) is 0 Å². The van der Waals surface area contributed by atoms with Crippen LogP contribution in [0.5, 0.6) is 5.75 Å². The SMILES string of the molecule is Cc1cc(C)c(-c2c(O)cc(CCSc3ccc(S(F)(F)(F)(F)F)c(C)c3)oc2=O)c(C)c1. The first kappa shape index (κ1) is 25.2. The average molecular weight is 507 g/mol. The molecule has 1 N–H and O–H groups in total. The van der Waals surface area contributed by atoms with Crippen LogP contribution in [0.15, 0.2) is 55.4 Å². The van der Waals surface area contributed by atoms with Crippen LogP contribution in [0.25, 0.3) is 11.1 Å². The Bertz CT molecular complexity index is 1280. The molecule has 0 spiro atoms. The Balaban J connectivity index is 1.78. The summed E-state index contributed by atoms with van der Waals surface area (Å²) in [7, 11) is -9.74. The Labute approximate surface area is 192 Å². The summed E-state index contributed by atoms with van der Waals surface area (Å²) < 4.78 is 70.6. The van der Waals surface area contributed by atoms with E-state index in [0.29, 0.717) is 22.3 Å². The lowest BCUT2D eigenvalue weighted by Gasteiger charge is -2.41. The Kier molecular flexibility index (Phi) is 5.95. The van der Waals surface area contributed by atoms with E-state index in [-0.39, 0.29) is 23.5 Å². The summed E-state index contributed by atoms with van der Waals surface area (Å²) >= 11 is 1.12. The molecule has 0 saturated carbocycles. The maximum Gasteiger partial charge on any atom is 0.347 e. The van der Waals surface area contributed by atoms with Crippen molar-refractivity contribution >= 4 is 22.0 Å². The lowest BCUT2D eigenvalue weighted by Crippen LogP contribution is -2.08. The van der Waals surface area contributed by atoms with Crippen molar-refractivity contribution in [3.63, 3.8) is 0 Å². The van der Waals surface area contributed by atoms with Gasteiger partial charge in [0.1, 0.15) is 22.0 Å². The first-order chi connectivity index (χ1) is 15.0. The van der Waals surface area contributed by atoms with Gasteiger partial charge >= 0.3 is 15.8 Å². The highest BCUT2D eigenvalue weighted by atomic mass is 32.5. The first-order valence-electron chi connectivity index (χ1n) is 9.88. The van der Waals surface area contributed by atoms with Gasteiger partial charge in [-0.15, -0.1) is 11.8 Å². The summed E-state index contributed by atoms with van der Waals surface area (Å²) in [5.41, 5.74) is 2.09. The third-order valence-electron chi connectivity index (χ3n) is 5.09. The molecule has 3 nitrogen and oxygen atoms in total. The van der Waals surface area contributed by atoms with Gasteiger partial charge in [0, 0.05) is 23.1 Å². The molecule has 0 saturated heterocycles. The van der Waals surface area contributed by atoms with Crippen LogP contribution in [0.2, 0.25) is 0 Å². The molecule has 1 heterocycles. The number of hydrogen-bond donors (Lipinski definition) is 1. The number of benzene rings is 2. The van der Waals surface area contributed by atoms with Crippen LogP contribution in [-0.2, 0) is 6.42 Å². The highest BCUT2D eigenvalue weighted by Gasteiger charge is 2.66. The number of rotatable bonds is 6. The maximum atomic E-state index is 13.0. The fourth-order valence-corrected chi connectivity index (χ4v) is 5.83. The number of hydrogen-bond acceptors (Lipinski definition) is 4. The van der Waals surface area contributed by atoms with E-state index in [1.165, 1.54) is 6.07 Å². The van der Waals surface area contributed by atoms with E-state index in [1.807, 2.05) is 32.9 Å². The number of aryl methyl sites for hydroxylation is 5. The van der Waals surface area contributed by atoms with Crippen molar-refractivity contribution in [3.8, 4) is 16.9 Å². The quantitative estimate of drug-likeness (QED) is 0.270. The molecule has 10 heteroatoms. The smallest absolute Gasteiger partial charge is 0.347 e. The minimum atomic E-state index is -9.74. The minimum Gasteiger partial charge on any atom is -0.507 e. The fourth-order valence-electron chi connectivity index (χ4n) is 3.87. The second-order valence-corrected chi connectivity index (χ2v) is 11.6. The van der Waals surface area contributed by atoms with Crippen LogP contribution >= 0.6 is 22.0 Å². The molecule has 33 heavy (non-hydrogen) atoms. The number of aromatic hydroxyl groups is 1. The van der Waals surface area contributed by atoms with Crippen molar-refractivity contribution < 1.29 is 29.0 Å². The summed E-state index contributed by atoms with van der Waals surface area (Å²) in [6, 6.07) is 7.58. The van der Waals surface area contributed by atoms with Gasteiger partial charge in [-0.25, -0.2) is 4.79 Å². The standard InChI is InChI=1S/C23H23F5O3S2/c1-13-9-15(3)21(16(4)10-13)22-19(29)12-17(31-23(22)30)7-8-32-18-5-6-20(14(2)11-18)33(24,25,26,27)28/h5-6,9-12,29H,7-8H2,1-4H3. The van der Waals surface area contributed by atoms with Crippen LogP contribution < -0.4 is 5.63 Å². The molecule has 2 aromatic carbocycles. The predicted molar refractivity (Wildman–Crippen MR) is 123 cm³/mol. The van der Waals surface area contributed by atoms with Crippen molar-refractivity contribution in [2.45, 2.75) is 43.9 Å². The lowest BCUT2D eigenvalue weighted by atomic mass is 9.94. The Morgan fingerprint density at radius 3 is 2.00 bits per heavy atom. The fraction of sp³-hybridized carbons (Fsp3) is 0.261. The van der Waals surface area contributed by atoms with Gasteiger partial charge in [0.15, 0.2) is 0 Å². The highest BCUT2D eigenvalue weighted by molar-refractivity contribution is 8.45. The van der Waals surface area contributed by atoms with Crippen molar-refractivity contribution in [2.24, 2.45) is 0 Å². The van der Waals surface area contributed by atoms with Gasteiger partial charge in [-0.3, -0.25) is 0 Å². The monoisotopic (exact) mass is 506 g/mol. The molecule has 0 atom stereocenters. The predicted octanol–water partition coefficient (Wildman–Crippen LogP) is 8.24. The van der Waals surface area contributed by atoms with E-state index in [0.717, 1.165) is 47.5 Å². The van der Waals surface area contributed by atoms with Gasteiger partial charge in [0.25, 0.3) is 0 Å². The number of thioether (sulfide) groups is 1. The van der Waals surface area contributed by atoms with Crippen LogP contribution in [0.4, 0.5) is 19.4 Å². The maximum absolute atomic E-state index is 13.0. The summed E-state index contributed by atoms with van der Waals surface area (Å²) in [6.45, 7) is 6.59. The summed E-state index contributed by atoms with van der Waals surface area (Å²) in [5, 5.41) is 10.5. The Hall–Kier alpha value is -2.46. The molecule has 0 radical (unpaired) electrons. The zero-order valence-electron chi connectivity index (χ0n) is 18.3. The third kappa shape index (κ3) is 5.73. The van der Waals surface area contributed by atoms with E-state index >= 15 is 0 Å². The Morgan fingerprint density at radius 1 is 0.879 bits per heavy atom. The van der Waals surface area contributed by atoms with Gasteiger partial charge in [-0.1, -0.05) is 37.1 Å².